The van der Waals surface area contributed by atoms with E-state index < -0.39 is 11.8 Å². The third-order valence-electron chi connectivity index (χ3n) is 4.11. The molecule has 0 N–H and O–H groups in total. The molecule has 0 saturated carbocycles. The Kier molecular flexibility index (Phi) is 4.93. The molecule has 1 aromatic heterocycles. The zero-order valence-corrected chi connectivity index (χ0v) is 14.7. The first-order valence-electron chi connectivity index (χ1n) is 8.60. The lowest BCUT2D eigenvalue weighted by Gasteiger charge is -2.06. The third-order valence-corrected chi connectivity index (χ3v) is 4.11. The van der Waals surface area contributed by atoms with Crippen LogP contribution in [0.2, 0.25) is 0 Å². The topological polar surface area (TPSA) is 65.2 Å². The molecule has 0 fully saturated rings. The average Bonchev–Trinajstić information content (AvgIpc) is 3.24. The quantitative estimate of drug-likeness (QED) is 0.465. The smallest absolute Gasteiger partial charge is 0.338 e. The number of carbonyl (C=O) groups is 1. The van der Waals surface area contributed by atoms with Crippen molar-refractivity contribution in [1.29, 1.82) is 0 Å². The first kappa shape index (κ1) is 17.6. The van der Waals surface area contributed by atoms with Crippen molar-refractivity contribution in [2.45, 2.75) is 6.61 Å². The molecule has 6 heteroatoms. The molecule has 4 aromatic rings. The standard InChI is InChI=1S/C22H15FN2O3/c23-19-12-5-4-9-18(19)14-27-22(26)17-11-6-10-16(13-17)21-25-24-20(28-21)15-7-2-1-3-8-15/h1-13H,14H2. The van der Waals surface area contributed by atoms with Crippen LogP contribution < -0.4 is 0 Å². The van der Waals surface area contributed by atoms with Crippen LogP contribution in [0.4, 0.5) is 4.39 Å². The Balaban J connectivity index is 1.51. The summed E-state index contributed by atoms with van der Waals surface area (Å²) in [5, 5.41) is 8.10. The number of carbonyl (C=O) groups excluding carboxylic acids is 1. The summed E-state index contributed by atoms with van der Waals surface area (Å²) >= 11 is 0. The predicted molar refractivity (Wildman–Crippen MR) is 101 cm³/mol. The van der Waals surface area contributed by atoms with Crippen molar-refractivity contribution in [2.75, 3.05) is 0 Å². The Morgan fingerprint density at radius 2 is 1.54 bits per heavy atom. The summed E-state index contributed by atoms with van der Waals surface area (Å²) in [6.07, 6.45) is 0. The molecule has 0 radical (unpaired) electrons. The monoisotopic (exact) mass is 374 g/mol. The Morgan fingerprint density at radius 3 is 2.32 bits per heavy atom. The summed E-state index contributed by atoms with van der Waals surface area (Å²) in [5.41, 5.74) is 2.03. The Morgan fingerprint density at radius 1 is 0.857 bits per heavy atom. The summed E-state index contributed by atoms with van der Waals surface area (Å²) < 4.78 is 24.6. The Labute approximate surface area is 160 Å². The van der Waals surface area contributed by atoms with Crippen LogP contribution in [0.5, 0.6) is 0 Å². The van der Waals surface area contributed by atoms with Crippen LogP contribution in [-0.2, 0) is 11.3 Å². The molecule has 0 aliphatic heterocycles. The second kappa shape index (κ2) is 7.84. The molecule has 3 aromatic carbocycles. The van der Waals surface area contributed by atoms with E-state index in [2.05, 4.69) is 10.2 Å². The number of ether oxygens (including phenoxy) is 1. The van der Waals surface area contributed by atoms with Gasteiger partial charge in [0.25, 0.3) is 0 Å². The molecule has 0 aliphatic carbocycles. The van der Waals surface area contributed by atoms with Gasteiger partial charge in [0.05, 0.1) is 5.56 Å². The van der Waals surface area contributed by atoms with Gasteiger partial charge in [0.1, 0.15) is 12.4 Å². The number of hydrogen-bond donors (Lipinski definition) is 0. The summed E-state index contributed by atoms with van der Waals surface area (Å²) in [5.74, 6) is -0.290. The highest BCUT2D eigenvalue weighted by atomic mass is 19.1. The highest BCUT2D eigenvalue weighted by Gasteiger charge is 2.14. The largest absolute Gasteiger partial charge is 0.457 e. The van der Waals surface area contributed by atoms with E-state index in [9.17, 15) is 9.18 Å². The third kappa shape index (κ3) is 3.81. The van der Waals surface area contributed by atoms with Gasteiger partial charge in [0, 0.05) is 16.7 Å². The van der Waals surface area contributed by atoms with Crippen molar-refractivity contribution in [3.63, 3.8) is 0 Å². The fraction of sp³-hybridized carbons (Fsp3) is 0.0455. The van der Waals surface area contributed by atoms with Crippen LogP contribution in [0.25, 0.3) is 22.9 Å². The molecule has 0 bridgehead atoms. The first-order valence-corrected chi connectivity index (χ1v) is 8.60. The van der Waals surface area contributed by atoms with Crippen LogP contribution in [0.15, 0.2) is 83.3 Å². The van der Waals surface area contributed by atoms with Crippen molar-refractivity contribution >= 4 is 5.97 Å². The molecule has 0 saturated heterocycles. The van der Waals surface area contributed by atoms with Crippen molar-refractivity contribution in [1.82, 2.24) is 10.2 Å². The van der Waals surface area contributed by atoms with Crippen LogP contribution in [0.3, 0.4) is 0 Å². The first-order chi connectivity index (χ1) is 13.7. The van der Waals surface area contributed by atoms with Crippen LogP contribution in [-0.4, -0.2) is 16.2 Å². The van der Waals surface area contributed by atoms with Gasteiger partial charge < -0.3 is 9.15 Å². The van der Waals surface area contributed by atoms with E-state index >= 15 is 0 Å². The molecule has 0 amide bonds. The van der Waals surface area contributed by atoms with Gasteiger partial charge in [-0.05, 0) is 36.4 Å². The van der Waals surface area contributed by atoms with Gasteiger partial charge in [-0.3, -0.25) is 0 Å². The van der Waals surface area contributed by atoms with Crippen molar-refractivity contribution in [3.05, 3.63) is 95.8 Å². The lowest BCUT2D eigenvalue weighted by atomic mass is 10.1. The fourth-order valence-corrected chi connectivity index (χ4v) is 2.66. The maximum Gasteiger partial charge on any atom is 0.338 e. The molecule has 0 unspecified atom stereocenters. The SMILES string of the molecule is O=C(OCc1ccccc1F)c1cccc(-c2nnc(-c3ccccc3)o2)c1. The van der Waals surface area contributed by atoms with Crippen LogP contribution in [0, 0.1) is 5.82 Å². The number of halogens is 1. The lowest BCUT2D eigenvalue weighted by molar-refractivity contribution is 0.0469. The molecule has 28 heavy (non-hydrogen) atoms. The van der Waals surface area contributed by atoms with Crippen LogP contribution in [0.1, 0.15) is 15.9 Å². The summed E-state index contributed by atoms with van der Waals surface area (Å²) in [6, 6.07) is 22.2. The van der Waals surface area contributed by atoms with Crippen molar-refractivity contribution < 1.29 is 18.3 Å². The van der Waals surface area contributed by atoms with E-state index in [0.717, 1.165) is 5.56 Å². The van der Waals surface area contributed by atoms with Gasteiger partial charge in [-0.15, -0.1) is 10.2 Å². The molecule has 138 valence electrons. The zero-order valence-electron chi connectivity index (χ0n) is 14.7. The van der Waals surface area contributed by atoms with Crippen molar-refractivity contribution in [3.8, 4) is 22.9 Å². The number of hydrogen-bond acceptors (Lipinski definition) is 5. The minimum absolute atomic E-state index is 0.144. The van der Waals surface area contributed by atoms with E-state index in [-0.39, 0.29) is 6.61 Å². The van der Waals surface area contributed by atoms with Gasteiger partial charge in [0.15, 0.2) is 0 Å². The molecule has 5 nitrogen and oxygen atoms in total. The number of benzene rings is 3. The van der Waals surface area contributed by atoms with E-state index in [1.807, 2.05) is 30.3 Å². The summed E-state index contributed by atoms with van der Waals surface area (Å²) in [4.78, 5) is 12.3. The molecule has 0 aliphatic rings. The lowest BCUT2D eigenvalue weighted by Crippen LogP contribution is -2.06. The maximum atomic E-state index is 13.7. The van der Waals surface area contributed by atoms with Gasteiger partial charge in [0.2, 0.25) is 11.8 Å². The van der Waals surface area contributed by atoms with E-state index in [0.29, 0.717) is 28.5 Å². The summed E-state index contributed by atoms with van der Waals surface area (Å²) in [6.45, 7) is -0.144. The molecular weight excluding hydrogens is 359 g/mol. The van der Waals surface area contributed by atoms with E-state index in [1.165, 1.54) is 6.07 Å². The zero-order chi connectivity index (χ0) is 19.3. The van der Waals surface area contributed by atoms with Gasteiger partial charge in [-0.25, -0.2) is 9.18 Å². The van der Waals surface area contributed by atoms with Gasteiger partial charge in [-0.2, -0.15) is 0 Å². The number of rotatable bonds is 5. The number of aromatic nitrogens is 2. The predicted octanol–water partition coefficient (Wildman–Crippen LogP) is 4.90. The van der Waals surface area contributed by atoms with Gasteiger partial charge >= 0.3 is 5.97 Å². The molecular formula is C22H15FN2O3. The van der Waals surface area contributed by atoms with E-state index in [4.69, 9.17) is 9.15 Å². The average molecular weight is 374 g/mol. The molecule has 1 heterocycles. The highest BCUT2D eigenvalue weighted by molar-refractivity contribution is 5.90. The fourth-order valence-electron chi connectivity index (χ4n) is 2.66. The normalized spacial score (nSPS) is 10.6. The molecule has 4 rings (SSSR count). The Bertz CT molecular complexity index is 1110. The molecule has 0 atom stereocenters. The number of esters is 1. The second-order valence-electron chi connectivity index (χ2n) is 6.03. The number of nitrogens with zero attached hydrogens (tertiary/aromatic N) is 2. The minimum Gasteiger partial charge on any atom is -0.457 e. The second-order valence-corrected chi connectivity index (χ2v) is 6.03. The van der Waals surface area contributed by atoms with Gasteiger partial charge in [-0.1, -0.05) is 42.5 Å². The Hall–Kier alpha value is -3.80. The maximum absolute atomic E-state index is 13.7. The van der Waals surface area contributed by atoms with Crippen molar-refractivity contribution in [2.24, 2.45) is 0 Å². The van der Waals surface area contributed by atoms with Crippen LogP contribution >= 0.6 is 0 Å². The highest BCUT2D eigenvalue weighted by Crippen LogP contribution is 2.24. The minimum atomic E-state index is -0.562. The van der Waals surface area contributed by atoms with E-state index in [1.54, 1.807) is 42.5 Å². The summed E-state index contributed by atoms with van der Waals surface area (Å²) in [7, 11) is 0. The molecule has 0 spiro atoms.